The van der Waals surface area contributed by atoms with Crippen LogP contribution in [-0.4, -0.2) is 16.3 Å². The van der Waals surface area contributed by atoms with Crippen molar-refractivity contribution in [3.8, 4) is 11.3 Å². The van der Waals surface area contributed by atoms with Gasteiger partial charge in [-0.05, 0) is 48.0 Å². The van der Waals surface area contributed by atoms with E-state index in [0.29, 0.717) is 35.6 Å². The van der Waals surface area contributed by atoms with E-state index in [1.54, 1.807) is 24.4 Å². The molecule has 0 aliphatic carbocycles. The number of aldehydes is 1. The zero-order valence-corrected chi connectivity index (χ0v) is 14.9. The third-order valence-corrected chi connectivity index (χ3v) is 4.48. The number of hydrogen-bond donors (Lipinski definition) is 2. The summed E-state index contributed by atoms with van der Waals surface area (Å²) in [7, 11) is 0. The minimum absolute atomic E-state index is 0.0170. The van der Waals surface area contributed by atoms with E-state index in [0.717, 1.165) is 16.5 Å². The van der Waals surface area contributed by atoms with Gasteiger partial charge in [0, 0.05) is 23.7 Å². The van der Waals surface area contributed by atoms with Gasteiger partial charge in [0.2, 0.25) is 0 Å². The Kier molecular flexibility index (Phi) is 4.68. The molecule has 0 atom stereocenters. The summed E-state index contributed by atoms with van der Waals surface area (Å²) in [5.74, 6) is -0.0611. The van der Waals surface area contributed by atoms with Gasteiger partial charge in [0.25, 0.3) is 0 Å². The number of carbonyl (C=O) groups is 1. The van der Waals surface area contributed by atoms with Crippen LogP contribution in [0.2, 0.25) is 0 Å². The number of nitrogens with two attached hydrogens (primary N) is 1. The van der Waals surface area contributed by atoms with E-state index in [1.807, 2.05) is 24.3 Å². The quantitative estimate of drug-likeness (QED) is 0.506. The Hall–Kier alpha value is -3.80. The van der Waals surface area contributed by atoms with Gasteiger partial charge in [-0.2, -0.15) is 0 Å². The SMILES string of the molecule is Nc1ccc(-c2ccc(C=O)c(F)c2)nc1NCc1ccc2ncccc2c1. The average molecular weight is 372 g/mol. The molecule has 0 bridgehead atoms. The van der Waals surface area contributed by atoms with Crippen molar-refractivity contribution in [1.29, 1.82) is 0 Å². The number of rotatable bonds is 5. The molecule has 4 aromatic rings. The Morgan fingerprint density at radius 3 is 2.79 bits per heavy atom. The van der Waals surface area contributed by atoms with Gasteiger partial charge in [-0.1, -0.05) is 18.2 Å². The van der Waals surface area contributed by atoms with Gasteiger partial charge in [0.1, 0.15) is 11.6 Å². The molecule has 0 radical (unpaired) electrons. The number of fused-ring (bicyclic) bond motifs is 1. The Morgan fingerprint density at radius 2 is 1.96 bits per heavy atom. The molecule has 0 saturated heterocycles. The van der Waals surface area contributed by atoms with Crippen LogP contribution in [0, 0.1) is 5.82 Å². The number of nitrogens with one attached hydrogen (secondary N) is 1. The highest BCUT2D eigenvalue weighted by Gasteiger charge is 2.09. The maximum atomic E-state index is 13.9. The maximum Gasteiger partial charge on any atom is 0.152 e. The molecule has 5 nitrogen and oxygen atoms in total. The first kappa shape index (κ1) is 17.6. The predicted octanol–water partition coefficient (Wildman–Crippen LogP) is 4.44. The standard InChI is InChI=1S/C22H17FN4O/c23-18-11-16(4-5-17(18)13-28)21-8-6-19(24)22(27-21)26-12-14-3-7-20-15(10-14)2-1-9-25-20/h1-11,13H,12,24H2,(H,26,27). The third-order valence-electron chi connectivity index (χ3n) is 4.48. The number of halogens is 1. The fourth-order valence-corrected chi connectivity index (χ4v) is 2.98. The van der Waals surface area contributed by atoms with E-state index in [4.69, 9.17) is 5.73 Å². The first-order valence-corrected chi connectivity index (χ1v) is 8.73. The molecule has 4 rings (SSSR count). The highest BCUT2D eigenvalue weighted by atomic mass is 19.1. The number of benzene rings is 2. The molecule has 2 aromatic carbocycles. The Bertz CT molecular complexity index is 1180. The molecule has 2 heterocycles. The van der Waals surface area contributed by atoms with Gasteiger partial charge in [-0.3, -0.25) is 9.78 Å². The largest absolute Gasteiger partial charge is 0.396 e. The minimum Gasteiger partial charge on any atom is -0.396 e. The van der Waals surface area contributed by atoms with Gasteiger partial charge < -0.3 is 11.1 Å². The van der Waals surface area contributed by atoms with E-state index in [1.165, 1.54) is 12.1 Å². The molecule has 0 aliphatic heterocycles. The topological polar surface area (TPSA) is 80.9 Å². The van der Waals surface area contributed by atoms with Crippen LogP contribution in [0.1, 0.15) is 15.9 Å². The molecule has 3 N–H and O–H groups in total. The van der Waals surface area contributed by atoms with Crippen LogP contribution in [0.5, 0.6) is 0 Å². The van der Waals surface area contributed by atoms with Crippen molar-refractivity contribution in [2.24, 2.45) is 0 Å². The normalized spacial score (nSPS) is 10.8. The first-order valence-electron chi connectivity index (χ1n) is 8.73. The first-order chi connectivity index (χ1) is 13.6. The fraction of sp³-hybridized carbons (Fsp3) is 0.0455. The lowest BCUT2D eigenvalue weighted by Gasteiger charge is -2.11. The second-order valence-corrected chi connectivity index (χ2v) is 6.37. The molecule has 0 aliphatic rings. The van der Waals surface area contributed by atoms with E-state index in [9.17, 15) is 9.18 Å². The van der Waals surface area contributed by atoms with Gasteiger partial charge >= 0.3 is 0 Å². The Balaban J connectivity index is 1.58. The van der Waals surface area contributed by atoms with Crippen LogP contribution in [0.15, 0.2) is 66.9 Å². The average Bonchev–Trinajstić information content (AvgIpc) is 2.73. The maximum absolute atomic E-state index is 13.9. The van der Waals surface area contributed by atoms with Crippen molar-refractivity contribution in [2.75, 3.05) is 11.1 Å². The number of nitrogen functional groups attached to an aromatic ring is 1. The van der Waals surface area contributed by atoms with Crippen molar-refractivity contribution in [3.63, 3.8) is 0 Å². The summed E-state index contributed by atoms with van der Waals surface area (Å²) in [4.78, 5) is 19.6. The summed E-state index contributed by atoms with van der Waals surface area (Å²) in [6.45, 7) is 0.532. The van der Waals surface area contributed by atoms with Crippen molar-refractivity contribution in [3.05, 3.63) is 83.8 Å². The summed E-state index contributed by atoms with van der Waals surface area (Å²) in [6.07, 6.45) is 2.25. The van der Waals surface area contributed by atoms with Crippen molar-refractivity contribution in [1.82, 2.24) is 9.97 Å². The van der Waals surface area contributed by atoms with Gasteiger partial charge in [-0.25, -0.2) is 9.37 Å². The molecule has 28 heavy (non-hydrogen) atoms. The zero-order chi connectivity index (χ0) is 19.5. The molecular formula is C22H17FN4O. The number of hydrogen-bond acceptors (Lipinski definition) is 5. The Morgan fingerprint density at radius 1 is 1.07 bits per heavy atom. The summed E-state index contributed by atoms with van der Waals surface area (Å²) < 4.78 is 13.9. The molecule has 138 valence electrons. The lowest BCUT2D eigenvalue weighted by atomic mass is 10.1. The molecule has 0 unspecified atom stereocenters. The van der Waals surface area contributed by atoms with Crippen molar-refractivity contribution in [2.45, 2.75) is 6.54 Å². The third kappa shape index (κ3) is 3.53. The van der Waals surface area contributed by atoms with E-state index in [-0.39, 0.29) is 5.56 Å². The second kappa shape index (κ2) is 7.44. The highest BCUT2D eigenvalue weighted by molar-refractivity contribution is 5.79. The minimum atomic E-state index is -0.578. The number of anilines is 2. The zero-order valence-electron chi connectivity index (χ0n) is 14.9. The van der Waals surface area contributed by atoms with Gasteiger partial charge in [0.05, 0.1) is 22.5 Å². The van der Waals surface area contributed by atoms with Crippen LogP contribution in [0.25, 0.3) is 22.2 Å². The summed E-state index contributed by atoms with van der Waals surface area (Å²) >= 11 is 0. The molecule has 0 saturated carbocycles. The monoisotopic (exact) mass is 372 g/mol. The summed E-state index contributed by atoms with van der Waals surface area (Å²) in [6, 6.07) is 17.8. The molecular weight excluding hydrogens is 355 g/mol. The lowest BCUT2D eigenvalue weighted by Crippen LogP contribution is -2.05. The lowest BCUT2D eigenvalue weighted by molar-refractivity contribution is 0.112. The fourth-order valence-electron chi connectivity index (χ4n) is 2.98. The Labute approximate surface area is 161 Å². The highest BCUT2D eigenvalue weighted by Crippen LogP contribution is 2.25. The molecule has 2 aromatic heterocycles. The van der Waals surface area contributed by atoms with Crippen LogP contribution >= 0.6 is 0 Å². The molecule has 6 heteroatoms. The predicted molar refractivity (Wildman–Crippen MR) is 109 cm³/mol. The van der Waals surface area contributed by atoms with E-state index >= 15 is 0 Å². The number of aromatic nitrogens is 2. The van der Waals surface area contributed by atoms with Crippen molar-refractivity contribution >= 4 is 28.7 Å². The van der Waals surface area contributed by atoms with E-state index < -0.39 is 5.82 Å². The molecule has 0 spiro atoms. The summed E-state index contributed by atoms with van der Waals surface area (Å²) in [5.41, 5.74) is 9.69. The smallest absolute Gasteiger partial charge is 0.152 e. The van der Waals surface area contributed by atoms with Crippen LogP contribution in [-0.2, 0) is 6.54 Å². The second-order valence-electron chi connectivity index (χ2n) is 6.37. The number of carbonyl (C=O) groups excluding carboxylic acids is 1. The number of pyridine rings is 2. The molecule has 0 fully saturated rings. The van der Waals surface area contributed by atoms with E-state index in [2.05, 4.69) is 21.4 Å². The van der Waals surface area contributed by atoms with Gasteiger partial charge in [0.15, 0.2) is 6.29 Å². The van der Waals surface area contributed by atoms with Crippen LogP contribution in [0.4, 0.5) is 15.9 Å². The van der Waals surface area contributed by atoms with Gasteiger partial charge in [-0.15, -0.1) is 0 Å². The van der Waals surface area contributed by atoms with Crippen LogP contribution < -0.4 is 11.1 Å². The van der Waals surface area contributed by atoms with Crippen molar-refractivity contribution < 1.29 is 9.18 Å². The summed E-state index contributed by atoms with van der Waals surface area (Å²) in [5, 5.41) is 4.29. The van der Waals surface area contributed by atoms with Crippen LogP contribution in [0.3, 0.4) is 0 Å². The number of nitrogens with zero attached hydrogens (tertiary/aromatic N) is 2. The molecule has 0 amide bonds.